The Morgan fingerprint density at radius 3 is 2.95 bits per heavy atom. The van der Waals surface area contributed by atoms with Crippen molar-refractivity contribution in [3.63, 3.8) is 0 Å². The number of rotatable bonds is 4. The van der Waals surface area contributed by atoms with E-state index in [1.54, 1.807) is 6.07 Å². The molecule has 0 aromatic heterocycles. The second-order valence-electron chi connectivity index (χ2n) is 5.04. The number of hydrogen-bond acceptors (Lipinski definition) is 2. The highest BCUT2D eigenvalue weighted by Crippen LogP contribution is 2.33. The van der Waals surface area contributed by atoms with Crippen LogP contribution in [0.1, 0.15) is 26.2 Å². The Bertz CT molecular complexity index is 473. The van der Waals surface area contributed by atoms with Crippen molar-refractivity contribution < 1.29 is 9.18 Å². The molecule has 1 aromatic carbocycles. The normalized spacial score (nSPS) is 22.5. The van der Waals surface area contributed by atoms with E-state index in [0.29, 0.717) is 11.6 Å². The average Bonchev–Trinajstić information content (AvgIpc) is 2.83. The molecule has 1 aliphatic rings. The van der Waals surface area contributed by atoms with Crippen LogP contribution in [-0.2, 0) is 4.79 Å². The maximum atomic E-state index is 13.7. The molecule has 1 unspecified atom stereocenters. The molecule has 0 spiro atoms. The summed E-state index contributed by atoms with van der Waals surface area (Å²) in [5.74, 6) is -0.612. The number of nitrogens with one attached hydrogen (secondary N) is 2. The van der Waals surface area contributed by atoms with Crippen LogP contribution < -0.4 is 10.6 Å². The number of hydrogen-bond donors (Lipinski definition) is 2. The van der Waals surface area contributed by atoms with Gasteiger partial charge in [-0.25, -0.2) is 4.39 Å². The van der Waals surface area contributed by atoms with E-state index in [1.165, 1.54) is 12.1 Å². The van der Waals surface area contributed by atoms with Gasteiger partial charge in [0.15, 0.2) is 0 Å². The number of carbonyl (C=O) groups excluding carboxylic acids is 1. The Labute approximate surface area is 117 Å². The first-order valence-electron chi connectivity index (χ1n) is 6.54. The highest BCUT2D eigenvalue weighted by Gasteiger charge is 2.40. The number of anilines is 1. The van der Waals surface area contributed by atoms with E-state index in [0.717, 1.165) is 25.8 Å². The van der Waals surface area contributed by atoms with E-state index in [-0.39, 0.29) is 11.6 Å². The Kier molecular flexibility index (Phi) is 4.42. The highest BCUT2D eigenvalue weighted by atomic mass is 35.5. The van der Waals surface area contributed by atoms with Crippen LogP contribution in [0.3, 0.4) is 0 Å². The zero-order valence-corrected chi connectivity index (χ0v) is 11.7. The predicted octanol–water partition coefficient (Wildman–Crippen LogP) is 3.20. The first kappa shape index (κ1) is 14.3. The smallest absolute Gasteiger partial charge is 0.232 e. The highest BCUT2D eigenvalue weighted by molar-refractivity contribution is 6.30. The van der Waals surface area contributed by atoms with E-state index >= 15 is 0 Å². The fourth-order valence-electron chi connectivity index (χ4n) is 2.59. The summed E-state index contributed by atoms with van der Waals surface area (Å²) in [5, 5.41) is 6.23. The van der Waals surface area contributed by atoms with Crippen LogP contribution in [0.4, 0.5) is 10.1 Å². The third kappa shape index (κ3) is 3.07. The minimum Gasteiger partial charge on any atom is -0.323 e. The summed E-state index contributed by atoms with van der Waals surface area (Å²) in [6.07, 6.45) is 2.53. The lowest BCUT2D eigenvalue weighted by Gasteiger charge is -2.26. The van der Waals surface area contributed by atoms with Gasteiger partial charge in [-0.05, 0) is 37.6 Å². The van der Waals surface area contributed by atoms with Crippen molar-refractivity contribution in [1.29, 1.82) is 0 Å². The molecule has 1 aromatic rings. The van der Waals surface area contributed by atoms with Crippen molar-refractivity contribution in [2.75, 3.05) is 18.4 Å². The summed E-state index contributed by atoms with van der Waals surface area (Å²) in [5.41, 5.74) is -0.224. The topological polar surface area (TPSA) is 41.1 Å². The molecule has 1 fully saturated rings. The first-order chi connectivity index (χ1) is 9.07. The average molecular weight is 285 g/mol. The standard InChI is InChI=1S/C14H18ClFN2O/c1-2-5-14(6-7-17-9-14)13(19)18-12-4-3-10(15)8-11(12)16/h3-4,8,17H,2,5-7,9H2,1H3,(H,18,19). The van der Waals surface area contributed by atoms with Crippen LogP contribution in [0, 0.1) is 11.2 Å². The van der Waals surface area contributed by atoms with E-state index in [4.69, 9.17) is 11.6 Å². The molecule has 1 aliphatic heterocycles. The lowest BCUT2D eigenvalue weighted by molar-refractivity contribution is -0.125. The van der Waals surface area contributed by atoms with Gasteiger partial charge in [-0.2, -0.15) is 0 Å². The van der Waals surface area contributed by atoms with Crippen LogP contribution >= 0.6 is 11.6 Å². The molecule has 0 bridgehead atoms. The Morgan fingerprint density at radius 2 is 2.37 bits per heavy atom. The zero-order valence-electron chi connectivity index (χ0n) is 10.9. The Morgan fingerprint density at radius 1 is 1.58 bits per heavy atom. The summed E-state index contributed by atoms with van der Waals surface area (Å²) in [7, 11) is 0. The van der Waals surface area contributed by atoms with Gasteiger partial charge in [0, 0.05) is 11.6 Å². The van der Waals surface area contributed by atoms with Gasteiger partial charge in [0.1, 0.15) is 5.82 Å². The second-order valence-corrected chi connectivity index (χ2v) is 5.47. The lowest BCUT2D eigenvalue weighted by Crippen LogP contribution is -2.38. The van der Waals surface area contributed by atoms with Crippen molar-refractivity contribution in [3.8, 4) is 0 Å². The van der Waals surface area contributed by atoms with Crippen LogP contribution in [0.15, 0.2) is 18.2 Å². The SMILES string of the molecule is CCCC1(C(=O)Nc2ccc(Cl)cc2F)CCNC1. The molecule has 2 rings (SSSR count). The number of carbonyl (C=O) groups is 1. The summed E-state index contributed by atoms with van der Waals surface area (Å²) in [6.45, 7) is 3.54. The van der Waals surface area contributed by atoms with E-state index in [9.17, 15) is 9.18 Å². The van der Waals surface area contributed by atoms with Crippen molar-refractivity contribution in [2.24, 2.45) is 5.41 Å². The van der Waals surface area contributed by atoms with Crippen LogP contribution in [0.5, 0.6) is 0 Å². The van der Waals surface area contributed by atoms with Crippen molar-refractivity contribution in [3.05, 3.63) is 29.0 Å². The third-order valence-corrected chi connectivity index (χ3v) is 3.87. The molecule has 2 N–H and O–H groups in total. The third-order valence-electron chi connectivity index (χ3n) is 3.63. The lowest BCUT2D eigenvalue weighted by atomic mass is 9.81. The van der Waals surface area contributed by atoms with Gasteiger partial charge < -0.3 is 10.6 Å². The fourth-order valence-corrected chi connectivity index (χ4v) is 2.75. The van der Waals surface area contributed by atoms with Gasteiger partial charge in [-0.1, -0.05) is 24.9 Å². The molecule has 0 saturated carbocycles. The van der Waals surface area contributed by atoms with E-state index in [1.807, 2.05) is 0 Å². The Balaban J connectivity index is 2.15. The zero-order chi connectivity index (χ0) is 13.9. The summed E-state index contributed by atoms with van der Waals surface area (Å²) in [6, 6.07) is 4.27. The quantitative estimate of drug-likeness (QED) is 0.891. The van der Waals surface area contributed by atoms with Gasteiger partial charge in [-0.15, -0.1) is 0 Å². The molecule has 0 radical (unpaired) electrons. The van der Waals surface area contributed by atoms with E-state index in [2.05, 4.69) is 17.6 Å². The molecule has 104 valence electrons. The largest absolute Gasteiger partial charge is 0.323 e. The van der Waals surface area contributed by atoms with Gasteiger partial charge in [0.2, 0.25) is 5.91 Å². The summed E-state index contributed by atoms with van der Waals surface area (Å²) < 4.78 is 13.7. The minimum absolute atomic E-state index is 0.111. The molecular formula is C14H18ClFN2O. The molecule has 1 atom stereocenters. The molecule has 19 heavy (non-hydrogen) atoms. The van der Waals surface area contributed by atoms with Crippen LogP contribution in [0.2, 0.25) is 5.02 Å². The number of halogens is 2. The van der Waals surface area contributed by atoms with Gasteiger partial charge in [-0.3, -0.25) is 4.79 Å². The molecule has 1 heterocycles. The Hall–Kier alpha value is -1.13. The fraction of sp³-hybridized carbons (Fsp3) is 0.500. The second kappa shape index (κ2) is 5.88. The maximum absolute atomic E-state index is 13.7. The van der Waals surface area contributed by atoms with Crippen molar-refractivity contribution >= 4 is 23.2 Å². The maximum Gasteiger partial charge on any atom is 0.232 e. The number of benzene rings is 1. The monoisotopic (exact) mass is 284 g/mol. The molecule has 1 amide bonds. The van der Waals surface area contributed by atoms with Gasteiger partial charge in [0.05, 0.1) is 11.1 Å². The minimum atomic E-state index is -0.501. The van der Waals surface area contributed by atoms with Gasteiger partial charge in [0.25, 0.3) is 0 Å². The summed E-state index contributed by atoms with van der Waals surface area (Å²) >= 11 is 5.69. The van der Waals surface area contributed by atoms with Gasteiger partial charge >= 0.3 is 0 Å². The molecule has 5 heteroatoms. The van der Waals surface area contributed by atoms with Crippen molar-refractivity contribution in [1.82, 2.24) is 5.32 Å². The molecule has 3 nitrogen and oxygen atoms in total. The first-order valence-corrected chi connectivity index (χ1v) is 6.92. The van der Waals surface area contributed by atoms with Crippen molar-refractivity contribution in [2.45, 2.75) is 26.2 Å². The van der Waals surface area contributed by atoms with E-state index < -0.39 is 11.2 Å². The predicted molar refractivity (Wildman–Crippen MR) is 74.9 cm³/mol. The molecule has 0 aliphatic carbocycles. The molecule has 1 saturated heterocycles. The van der Waals surface area contributed by atoms with Crippen LogP contribution in [-0.4, -0.2) is 19.0 Å². The number of amides is 1. The molecular weight excluding hydrogens is 267 g/mol. The summed E-state index contributed by atoms with van der Waals surface area (Å²) in [4.78, 5) is 12.4. The van der Waals surface area contributed by atoms with Crippen LogP contribution in [0.25, 0.3) is 0 Å².